The lowest BCUT2D eigenvalue weighted by Crippen LogP contribution is -2.37. The number of hydrogen-bond donors (Lipinski definition) is 2. The number of thiazole rings is 1. The third-order valence-electron chi connectivity index (χ3n) is 4.20. The summed E-state index contributed by atoms with van der Waals surface area (Å²) in [6.07, 6.45) is 0.495. The number of pyridine rings is 1. The third kappa shape index (κ3) is 2.76. The molecular weight excluding hydrogens is 352 g/mol. The summed E-state index contributed by atoms with van der Waals surface area (Å²) < 4.78 is 5.20. The van der Waals surface area contributed by atoms with Crippen LogP contribution in [-0.4, -0.2) is 33.0 Å². The molecule has 0 radical (unpaired) electrons. The summed E-state index contributed by atoms with van der Waals surface area (Å²) in [6, 6.07) is 5.24. The second kappa shape index (κ2) is 6.34. The topological polar surface area (TPSA) is 116 Å². The van der Waals surface area contributed by atoms with Gasteiger partial charge in [0.15, 0.2) is 0 Å². The summed E-state index contributed by atoms with van der Waals surface area (Å²) in [7, 11) is 1.57. The third-order valence-corrected chi connectivity index (χ3v) is 5.07. The smallest absolute Gasteiger partial charge is 0.255 e. The first-order chi connectivity index (χ1) is 12.6. The van der Waals surface area contributed by atoms with Crippen molar-refractivity contribution in [3.63, 3.8) is 0 Å². The van der Waals surface area contributed by atoms with Gasteiger partial charge in [0.1, 0.15) is 0 Å². The van der Waals surface area contributed by atoms with Crippen LogP contribution < -0.4 is 15.8 Å². The second-order valence-electron chi connectivity index (χ2n) is 5.85. The van der Waals surface area contributed by atoms with Crippen molar-refractivity contribution < 1.29 is 9.53 Å². The Balaban J connectivity index is 1.74. The van der Waals surface area contributed by atoms with Gasteiger partial charge in [-0.1, -0.05) is 6.07 Å². The van der Waals surface area contributed by atoms with E-state index < -0.39 is 0 Å². The maximum absolute atomic E-state index is 12.6. The predicted molar refractivity (Wildman–Crippen MR) is 97.0 cm³/mol. The van der Waals surface area contributed by atoms with Crippen molar-refractivity contribution in [2.75, 3.05) is 12.8 Å². The summed E-state index contributed by atoms with van der Waals surface area (Å²) in [5.74, 6) is 0.477. The molecular formula is C17H16N6O2S. The lowest BCUT2D eigenvalue weighted by Gasteiger charge is -2.25. The monoisotopic (exact) mass is 368 g/mol. The molecule has 8 nitrogen and oxygen atoms in total. The molecule has 0 aliphatic carbocycles. The molecule has 0 saturated heterocycles. The Kier molecular flexibility index (Phi) is 4.00. The fourth-order valence-electron chi connectivity index (χ4n) is 3.09. The van der Waals surface area contributed by atoms with E-state index in [0.717, 1.165) is 16.3 Å². The number of anilines is 1. The molecule has 0 aromatic carbocycles. The van der Waals surface area contributed by atoms with E-state index in [1.165, 1.54) is 11.3 Å². The van der Waals surface area contributed by atoms with E-state index in [4.69, 9.17) is 10.5 Å². The van der Waals surface area contributed by atoms with Gasteiger partial charge in [0.25, 0.3) is 5.91 Å². The zero-order valence-corrected chi connectivity index (χ0v) is 15.0. The molecule has 1 aliphatic rings. The van der Waals surface area contributed by atoms with Crippen LogP contribution in [0.1, 0.15) is 33.5 Å². The van der Waals surface area contributed by atoms with Crippen LogP contribution in [0.2, 0.25) is 0 Å². The van der Waals surface area contributed by atoms with Crippen molar-refractivity contribution >= 4 is 23.2 Å². The molecule has 4 rings (SSSR count). The number of ether oxygens (including phenoxy) is 1. The summed E-state index contributed by atoms with van der Waals surface area (Å²) >= 11 is 1.47. The highest BCUT2D eigenvalue weighted by molar-refractivity contribution is 7.13. The normalized spacial score (nSPS) is 16.1. The van der Waals surface area contributed by atoms with Crippen LogP contribution in [0, 0.1) is 6.92 Å². The van der Waals surface area contributed by atoms with Gasteiger partial charge in [-0.05, 0) is 13.0 Å². The highest BCUT2D eigenvalue weighted by Crippen LogP contribution is 2.34. The van der Waals surface area contributed by atoms with Gasteiger partial charge in [0, 0.05) is 12.5 Å². The SMILES string of the molecule is COc1cccc(-c2scnc2[C@H]2Cc3nc(N)nc(C)c3C(=O)N2)n1. The Hall–Kier alpha value is -3.07. The van der Waals surface area contributed by atoms with Crippen LogP contribution in [0.15, 0.2) is 23.7 Å². The molecule has 4 heterocycles. The van der Waals surface area contributed by atoms with Gasteiger partial charge in [-0.25, -0.2) is 19.9 Å². The first kappa shape index (κ1) is 16.4. The number of fused-ring (bicyclic) bond motifs is 1. The van der Waals surface area contributed by atoms with Gasteiger partial charge >= 0.3 is 0 Å². The van der Waals surface area contributed by atoms with Gasteiger partial charge in [-0.3, -0.25) is 4.79 Å². The number of methoxy groups -OCH3 is 1. The number of nitrogens with one attached hydrogen (secondary N) is 1. The highest BCUT2D eigenvalue weighted by atomic mass is 32.1. The maximum atomic E-state index is 12.6. The van der Waals surface area contributed by atoms with Crippen LogP contribution in [0.5, 0.6) is 5.88 Å². The van der Waals surface area contributed by atoms with E-state index >= 15 is 0 Å². The average molecular weight is 368 g/mol. The molecule has 0 unspecified atom stereocenters. The molecule has 0 saturated carbocycles. The van der Waals surface area contributed by atoms with E-state index in [1.54, 1.807) is 25.6 Å². The first-order valence-electron chi connectivity index (χ1n) is 7.95. The standard InChI is InChI=1S/C17H16N6O2S/c1-8-13-10(23-17(18)20-8)6-11(22-16(13)24)14-15(26-7-19-14)9-4-3-5-12(21-9)25-2/h3-5,7,11H,6H2,1-2H3,(H,22,24)(H2,18,20,23)/t11-/m1/s1. The van der Waals surface area contributed by atoms with Crippen molar-refractivity contribution in [1.82, 2.24) is 25.3 Å². The number of nitrogens with two attached hydrogens (primary N) is 1. The summed E-state index contributed by atoms with van der Waals surface area (Å²) in [5.41, 5.74) is 10.7. The molecule has 0 fully saturated rings. The fraction of sp³-hybridized carbons (Fsp3) is 0.235. The van der Waals surface area contributed by atoms with Crippen LogP contribution in [0.3, 0.4) is 0 Å². The van der Waals surface area contributed by atoms with Crippen molar-refractivity contribution in [2.24, 2.45) is 0 Å². The van der Waals surface area contributed by atoms with Crippen molar-refractivity contribution in [1.29, 1.82) is 0 Å². The molecule has 1 aliphatic heterocycles. The van der Waals surface area contributed by atoms with Crippen molar-refractivity contribution in [3.8, 4) is 16.5 Å². The molecule has 3 aromatic rings. The molecule has 1 atom stereocenters. The number of nitrogens with zero attached hydrogens (tertiary/aromatic N) is 4. The number of nitrogen functional groups attached to an aromatic ring is 1. The number of aryl methyl sites for hydroxylation is 1. The second-order valence-corrected chi connectivity index (χ2v) is 6.71. The lowest BCUT2D eigenvalue weighted by molar-refractivity contribution is 0.0921. The Labute approximate surface area is 153 Å². The van der Waals surface area contributed by atoms with Gasteiger partial charge in [0.05, 0.1) is 51.9 Å². The number of hydrogen-bond acceptors (Lipinski definition) is 8. The zero-order chi connectivity index (χ0) is 18.3. The average Bonchev–Trinajstić information content (AvgIpc) is 3.10. The largest absolute Gasteiger partial charge is 0.481 e. The Morgan fingerprint density at radius 3 is 2.96 bits per heavy atom. The van der Waals surface area contributed by atoms with Crippen LogP contribution in [-0.2, 0) is 6.42 Å². The molecule has 3 aromatic heterocycles. The van der Waals surface area contributed by atoms with E-state index in [-0.39, 0.29) is 17.9 Å². The van der Waals surface area contributed by atoms with Gasteiger partial charge in [-0.15, -0.1) is 11.3 Å². The minimum absolute atomic E-state index is 0.169. The number of rotatable bonds is 3. The minimum Gasteiger partial charge on any atom is -0.481 e. The van der Waals surface area contributed by atoms with Crippen molar-refractivity contribution in [2.45, 2.75) is 19.4 Å². The molecule has 1 amide bonds. The van der Waals surface area contributed by atoms with Gasteiger partial charge < -0.3 is 15.8 Å². The van der Waals surface area contributed by atoms with Gasteiger partial charge in [0.2, 0.25) is 11.8 Å². The summed E-state index contributed by atoms with van der Waals surface area (Å²) in [5, 5.41) is 3.00. The highest BCUT2D eigenvalue weighted by Gasteiger charge is 2.31. The minimum atomic E-state index is -0.307. The van der Waals surface area contributed by atoms with E-state index in [2.05, 4.69) is 25.3 Å². The molecule has 26 heavy (non-hydrogen) atoms. The summed E-state index contributed by atoms with van der Waals surface area (Å²) in [4.78, 5) is 30.7. The first-order valence-corrected chi connectivity index (χ1v) is 8.83. The Morgan fingerprint density at radius 2 is 2.15 bits per heavy atom. The Bertz CT molecular complexity index is 1000. The lowest BCUT2D eigenvalue weighted by atomic mass is 9.96. The van der Waals surface area contributed by atoms with E-state index in [1.807, 2.05) is 12.1 Å². The van der Waals surface area contributed by atoms with Crippen LogP contribution in [0.4, 0.5) is 5.95 Å². The summed E-state index contributed by atoms with van der Waals surface area (Å²) in [6.45, 7) is 1.76. The molecule has 132 valence electrons. The van der Waals surface area contributed by atoms with E-state index in [0.29, 0.717) is 29.3 Å². The van der Waals surface area contributed by atoms with Crippen LogP contribution >= 0.6 is 11.3 Å². The maximum Gasteiger partial charge on any atom is 0.255 e. The molecule has 0 spiro atoms. The number of aromatic nitrogens is 4. The zero-order valence-electron chi connectivity index (χ0n) is 14.2. The Morgan fingerprint density at radius 1 is 1.31 bits per heavy atom. The molecule has 3 N–H and O–H groups in total. The van der Waals surface area contributed by atoms with E-state index in [9.17, 15) is 4.79 Å². The number of carbonyl (C=O) groups is 1. The molecule has 9 heteroatoms. The van der Waals surface area contributed by atoms with Gasteiger partial charge in [-0.2, -0.15) is 0 Å². The van der Waals surface area contributed by atoms with Crippen molar-refractivity contribution in [3.05, 3.63) is 46.4 Å². The number of carbonyl (C=O) groups excluding carboxylic acids is 1. The fourth-order valence-corrected chi connectivity index (χ4v) is 3.91. The number of amides is 1. The predicted octanol–water partition coefficient (Wildman–Crippen LogP) is 1.92. The van der Waals surface area contributed by atoms with Crippen LogP contribution in [0.25, 0.3) is 10.6 Å². The molecule has 0 bridgehead atoms. The quantitative estimate of drug-likeness (QED) is 0.725.